The molecule has 0 spiro atoms. The maximum Gasteiger partial charge on any atom is 0.201 e. The number of aryl methyl sites for hydroxylation is 3. The molecular weight excluding hydrogens is 1110 g/mol. The van der Waals surface area contributed by atoms with Gasteiger partial charge in [0.15, 0.2) is 69.8 Å². The van der Waals surface area contributed by atoms with Crippen molar-refractivity contribution in [2.45, 2.75) is 41.5 Å². The Morgan fingerprint density at radius 3 is 0.747 bits per heavy atom. The molecule has 0 saturated carbocycles. The van der Waals surface area contributed by atoms with Crippen LogP contribution < -0.4 is 37.8 Å². The molecule has 0 aromatic heterocycles. The Balaban J connectivity index is 0.000000237. The summed E-state index contributed by atoms with van der Waals surface area (Å²) in [5.74, 6) is -71.2. The van der Waals surface area contributed by atoms with Crippen molar-refractivity contribution in [3.05, 3.63) is 240 Å². The lowest BCUT2D eigenvalue weighted by molar-refractivity contribution is 0.102. The molecule has 8 rings (SSSR count). The van der Waals surface area contributed by atoms with Crippen LogP contribution in [0.3, 0.4) is 0 Å². The molecule has 1 nitrogen and oxygen atoms in total. The van der Waals surface area contributed by atoms with E-state index in [0.29, 0.717) is 6.16 Å². The molecule has 0 atom stereocenters. The van der Waals surface area contributed by atoms with E-state index in [9.17, 15) is 57.5 Å². The molecule has 0 fully saturated rings. The van der Waals surface area contributed by atoms with Gasteiger partial charge >= 0.3 is 0 Å². The molecule has 0 N–H and O–H groups in total. The van der Waals surface area contributed by atoms with Crippen molar-refractivity contribution in [3.63, 3.8) is 0 Å². The third-order valence-electron chi connectivity index (χ3n) is 14.1. The SMILES string of the molecule is Cc1cccc([P+](CC(=O)c2ccccc2)(c2cccc(C)c2C)c2cccc(C)c2C)c1C.Fc1c(F)c(F)c([B-](c2c(F)c(F)c(F)c(F)c2F)(c2c(F)c(F)c(F)c(F)c2F)c2c(F)c(F)c(F)c(F)c2F)c(F)c1F. The average Bonchev–Trinajstić information content (AvgIpc) is 2.61. The largest absolute Gasteiger partial charge is 0.290 e. The summed E-state index contributed by atoms with van der Waals surface area (Å²) < 4.78 is 294. The van der Waals surface area contributed by atoms with Gasteiger partial charge in [-0.2, -0.15) is 0 Å². The number of hydrogen-bond donors (Lipinski definition) is 0. The van der Waals surface area contributed by atoms with Crippen molar-refractivity contribution >= 4 is 57.0 Å². The second-order valence-corrected chi connectivity index (χ2v) is 21.6. The topological polar surface area (TPSA) is 17.1 Å². The van der Waals surface area contributed by atoms with E-state index in [2.05, 4.69) is 96.1 Å². The fourth-order valence-corrected chi connectivity index (χ4v) is 15.1. The van der Waals surface area contributed by atoms with Crippen LogP contribution >= 0.6 is 7.26 Å². The highest BCUT2D eigenvalue weighted by atomic mass is 31.2. The molecule has 0 aliphatic rings. The monoisotopic (exact) mass is 1140 g/mol. The van der Waals surface area contributed by atoms with E-state index in [1.54, 1.807) is 0 Å². The summed E-state index contributed by atoms with van der Waals surface area (Å²) in [6, 6.07) is 29.6. The van der Waals surface area contributed by atoms with Crippen molar-refractivity contribution in [2.75, 3.05) is 6.16 Å². The third-order valence-corrected chi connectivity index (χ3v) is 18.8. The number of benzene rings is 8. The van der Waals surface area contributed by atoms with Crippen molar-refractivity contribution < 1.29 is 92.6 Å². The molecule has 0 aliphatic heterocycles. The summed E-state index contributed by atoms with van der Waals surface area (Å²) in [4.78, 5) is 14.0. The fraction of sp³-hybridized carbons (Fsp3) is 0.125. The summed E-state index contributed by atoms with van der Waals surface area (Å²) in [5.41, 5.74) is -5.87. The van der Waals surface area contributed by atoms with Gasteiger partial charge in [-0.05, 0) is 93.1 Å². The third kappa shape index (κ3) is 9.22. The smallest absolute Gasteiger partial charge is 0.201 e. The number of carbonyl (C=O) groups is 1. The van der Waals surface area contributed by atoms with Gasteiger partial charge < -0.3 is 0 Å². The Morgan fingerprint density at radius 1 is 0.304 bits per heavy atom. The van der Waals surface area contributed by atoms with Gasteiger partial charge in [0.05, 0.1) is 0 Å². The summed E-state index contributed by atoms with van der Waals surface area (Å²) in [6.07, 6.45) is -6.74. The van der Waals surface area contributed by atoms with Gasteiger partial charge in [0.2, 0.25) is 5.78 Å². The number of Topliss-reactive ketones (excluding diaryl/α,β-unsaturated/α-hetero) is 1. The summed E-state index contributed by atoms with van der Waals surface area (Å²) in [6.45, 7) is 13.2. The molecule has 8 aromatic carbocycles. The summed E-state index contributed by atoms with van der Waals surface area (Å²) in [5, 5.41) is 3.96. The van der Waals surface area contributed by atoms with Gasteiger partial charge in [0.1, 0.15) is 82.0 Å². The molecule has 0 unspecified atom stereocenters. The van der Waals surface area contributed by atoms with Crippen molar-refractivity contribution in [1.29, 1.82) is 0 Å². The minimum absolute atomic E-state index is 0.205. The highest BCUT2D eigenvalue weighted by molar-refractivity contribution is 7.96. The number of halogens is 20. The lowest BCUT2D eigenvalue weighted by Crippen LogP contribution is -2.81. The Morgan fingerprint density at radius 2 is 0.519 bits per heavy atom. The van der Waals surface area contributed by atoms with Crippen LogP contribution in [0.2, 0.25) is 0 Å². The van der Waals surface area contributed by atoms with E-state index in [1.165, 1.54) is 49.3 Å². The zero-order valence-corrected chi connectivity index (χ0v) is 42.2. The zero-order chi connectivity index (χ0) is 58.8. The number of rotatable bonds is 10. The first-order valence-electron chi connectivity index (χ1n) is 22.9. The van der Waals surface area contributed by atoms with E-state index in [0.717, 1.165) is 5.56 Å². The van der Waals surface area contributed by atoms with Crippen LogP contribution in [0.15, 0.2) is 84.9 Å². The van der Waals surface area contributed by atoms with Crippen LogP contribution in [-0.4, -0.2) is 18.1 Å². The highest BCUT2D eigenvalue weighted by Gasteiger charge is 2.53. The Hall–Kier alpha value is -7.48. The first-order chi connectivity index (χ1) is 37.0. The average molecular weight is 1140 g/mol. The van der Waals surface area contributed by atoms with E-state index < -0.39 is 152 Å². The molecule has 0 radical (unpaired) electrons. The minimum atomic E-state index is -7.22. The van der Waals surface area contributed by atoms with Crippen molar-refractivity contribution in [1.82, 2.24) is 0 Å². The van der Waals surface area contributed by atoms with Gasteiger partial charge in [0.25, 0.3) is 0 Å². The van der Waals surface area contributed by atoms with Gasteiger partial charge in [-0.1, -0.05) is 66.7 Å². The molecule has 79 heavy (non-hydrogen) atoms. The predicted octanol–water partition coefficient (Wildman–Crippen LogP) is 12.6. The van der Waals surface area contributed by atoms with Crippen LogP contribution in [0.1, 0.15) is 43.7 Å². The first-order valence-corrected chi connectivity index (χ1v) is 24.8. The molecule has 23 heteroatoms. The molecule has 0 amide bonds. The Kier molecular flexibility index (Phi) is 16.5. The normalized spacial score (nSPS) is 11.8. The molecule has 0 heterocycles. The van der Waals surface area contributed by atoms with Gasteiger partial charge in [0, 0.05) is 5.56 Å². The van der Waals surface area contributed by atoms with Crippen LogP contribution in [-0.2, 0) is 0 Å². The number of ketones is 1. The highest BCUT2D eigenvalue weighted by Crippen LogP contribution is 2.58. The van der Waals surface area contributed by atoms with Crippen molar-refractivity contribution in [3.8, 4) is 0 Å². The van der Waals surface area contributed by atoms with Crippen LogP contribution in [0.5, 0.6) is 0 Å². The van der Waals surface area contributed by atoms with Crippen LogP contribution in [0, 0.1) is 158 Å². The zero-order valence-electron chi connectivity index (χ0n) is 41.3. The predicted molar refractivity (Wildman–Crippen MR) is 258 cm³/mol. The van der Waals surface area contributed by atoms with Crippen molar-refractivity contribution in [2.24, 2.45) is 0 Å². The Labute approximate surface area is 436 Å². The minimum Gasteiger partial charge on any atom is -0.290 e. The number of hydrogen-bond acceptors (Lipinski definition) is 1. The van der Waals surface area contributed by atoms with Gasteiger partial charge in [-0.3, -0.25) is 4.79 Å². The standard InChI is InChI=1S/C32H34OP.C24BF20/c1-22-13-10-18-30(25(22)4)34(31-19-11-14-23(2)26(31)5,32-20-12-15-24(3)27(32)6)21-29(33)28-16-8-7-9-17-28;26-5-1(6(27)14(35)21(42)13(5)34)25(2-7(28)15(36)22(43)16(37)8(2)29,3-9(30)17(38)23(44)18(39)10(3)31)4-11(32)19(40)24(45)20(41)12(4)33/h7-20H,21H2,1-6H3;/q+1;-1. The second kappa shape index (κ2) is 22.0. The van der Waals surface area contributed by atoms with Gasteiger partial charge in [-0.25, -0.2) is 87.8 Å². The van der Waals surface area contributed by atoms with Crippen LogP contribution in [0.4, 0.5) is 87.8 Å². The van der Waals surface area contributed by atoms with Crippen LogP contribution in [0.25, 0.3) is 0 Å². The lowest BCUT2D eigenvalue weighted by atomic mass is 9.12. The second-order valence-electron chi connectivity index (χ2n) is 18.2. The molecule has 0 saturated heterocycles. The molecule has 8 aromatic rings. The molecule has 412 valence electrons. The maximum atomic E-state index is 15.4. The molecule has 0 bridgehead atoms. The molecule has 0 aliphatic carbocycles. The number of carbonyl (C=O) groups excluding carboxylic acids is 1. The van der Waals surface area contributed by atoms with E-state index >= 15 is 35.1 Å². The van der Waals surface area contributed by atoms with E-state index in [-0.39, 0.29) is 5.78 Å². The lowest BCUT2D eigenvalue weighted by Gasteiger charge is -2.44. The first kappa shape index (κ1) is 59.2. The summed E-state index contributed by atoms with van der Waals surface area (Å²) in [7, 11) is -2.32. The summed E-state index contributed by atoms with van der Waals surface area (Å²) >= 11 is 0. The molecular formula is C56H34BF20OP. The van der Waals surface area contributed by atoms with E-state index in [1.807, 2.05) is 30.3 Å². The van der Waals surface area contributed by atoms with Gasteiger partial charge in [-0.15, -0.1) is 21.9 Å². The fourth-order valence-electron chi connectivity index (χ4n) is 9.90. The van der Waals surface area contributed by atoms with E-state index in [4.69, 9.17) is 0 Å². The Bertz CT molecular complexity index is 3300. The maximum absolute atomic E-state index is 15.4. The quantitative estimate of drug-likeness (QED) is 0.0333.